The van der Waals surface area contributed by atoms with Crippen LogP contribution in [0.5, 0.6) is 5.75 Å². The Balaban J connectivity index is 2.18. The molecular formula is C12H16N6O4. The van der Waals surface area contributed by atoms with Crippen LogP contribution < -0.4 is 16.8 Å². The van der Waals surface area contributed by atoms with Gasteiger partial charge in [0.25, 0.3) is 5.69 Å². The fraction of sp³-hybridized carbons (Fsp3) is 0.250. The van der Waals surface area contributed by atoms with Gasteiger partial charge < -0.3 is 27.0 Å². The van der Waals surface area contributed by atoms with Gasteiger partial charge >= 0.3 is 0 Å². The van der Waals surface area contributed by atoms with Gasteiger partial charge in [-0.05, 0) is 6.07 Å². The third-order valence-electron chi connectivity index (χ3n) is 3.06. The van der Waals surface area contributed by atoms with E-state index in [1.54, 1.807) is 0 Å². The van der Waals surface area contributed by atoms with Crippen molar-refractivity contribution in [1.82, 2.24) is 9.78 Å². The fourth-order valence-corrected chi connectivity index (χ4v) is 1.89. The minimum Gasteiger partial charge on any atom is -0.506 e. The predicted molar refractivity (Wildman–Crippen MR) is 80.2 cm³/mol. The number of aliphatic hydroxyl groups is 1. The Morgan fingerprint density at radius 3 is 2.77 bits per heavy atom. The van der Waals surface area contributed by atoms with Crippen molar-refractivity contribution in [1.29, 1.82) is 0 Å². The van der Waals surface area contributed by atoms with E-state index in [0.717, 1.165) is 0 Å². The van der Waals surface area contributed by atoms with Crippen LogP contribution in [0.1, 0.15) is 5.69 Å². The van der Waals surface area contributed by atoms with Crippen LogP contribution in [0, 0.1) is 10.1 Å². The molecule has 0 unspecified atom stereocenters. The van der Waals surface area contributed by atoms with E-state index in [0.29, 0.717) is 5.69 Å². The number of nitro groups is 1. The number of anilines is 3. The maximum atomic E-state index is 10.7. The second-order valence-corrected chi connectivity index (χ2v) is 4.50. The van der Waals surface area contributed by atoms with Crippen molar-refractivity contribution in [3.05, 3.63) is 34.0 Å². The normalized spacial score (nSPS) is 10.6. The molecule has 10 nitrogen and oxygen atoms in total. The summed E-state index contributed by atoms with van der Waals surface area (Å²) in [4.78, 5) is 10.2. The second-order valence-electron chi connectivity index (χ2n) is 4.50. The van der Waals surface area contributed by atoms with E-state index in [9.17, 15) is 15.2 Å². The molecule has 0 radical (unpaired) electrons. The van der Waals surface area contributed by atoms with Crippen molar-refractivity contribution in [2.45, 2.75) is 13.1 Å². The number of phenolic OH excluding ortho intramolecular Hbond substituents is 1. The van der Waals surface area contributed by atoms with E-state index in [4.69, 9.17) is 16.6 Å². The minimum atomic E-state index is -0.563. The van der Waals surface area contributed by atoms with Crippen LogP contribution >= 0.6 is 0 Å². The summed E-state index contributed by atoms with van der Waals surface area (Å²) in [7, 11) is 0. The lowest BCUT2D eigenvalue weighted by Crippen LogP contribution is -2.08. The molecule has 0 saturated heterocycles. The molecule has 2 rings (SSSR count). The van der Waals surface area contributed by atoms with Crippen molar-refractivity contribution in [3.63, 3.8) is 0 Å². The smallest absolute Gasteiger partial charge is 0.271 e. The van der Waals surface area contributed by atoms with Gasteiger partial charge in [0.1, 0.15) is 17.3 Å². The van der Waals surface area contributed by atoms with Crippen LogP contribution in [0.2, 0.25) is 0 Å². The molecule has 0 aliphatic rings. The van der Waals surface area contributed by atoms with Crippen molar-refractivity contribution in [2.75, 3.05) is 23.4 Å². The summed E-state index contributed by atoms with van der Waals surface area (Å²) in [5.74, 6) is 0.0982. The van der Waals surface area contributed by atoms with E-state index in [1.165, 1.54) is 22.9 Å². The Morgan fingerprint density at radius 1 is 1.41 bits per heavy atom. The molecule has 1 aromatic heterocycles. The number of nitrogens with two attached hydrogens (primary N) is 2. The number of aromatic nitrogens is 2. The molecule has 0 aliphatic heterocycles. The molecule has 118 valence electrons. The van der Waals surface area contributed by atoms with Gasteiger partial charge in [0, 0.05) is 12.1 Å². The Bertz CT molecular complexity index is 699. The maximum absolute atomic E-state index is 10.7. The number of aromatic hydroxyl groups is 1. The number of hydrogen-bond acceptors (Lipinski definition) is 8. The minimum absolute atomic E-state index is 0.114. The van der Waals surface area contributed by atoms with Crippen molar-refractivity contribution in [3.8, 4) is 5.75 Å². The number of nitrogen functional groups attached to an aromatic ring is 2. The van der Waals surface area contributed by atoms with E-state index < -0.39 is 4.92 Å². The first-order valence-corrected chi connectivity index (χ1v) is 6.36. The highest BCUT2D eigenvalue weighted by molar-refractivity contribution is 5.65. The average molecular weight is 308 g/mol. The molecule has 0 bridgehead atoms. The number of rotatable bonds is 6. The van der Waals surface area contributed by atoms with Gasteiger partial charge in [0.05, 0.1) is 36.0 Å². The number of nitrogens with one attached hydrogen (secondary N) is 1. The molecule has 0 spiro atoms. The van der Waals surface area contributed by atoms with Gasteiger partial charge in [-0.3, -0.25) is 10.1 Å². The third-order valence-corrected chi connectivity index (χ3v) is 3.06. The number of nitrogens with zero attached hydrogens (tertiary/aromatic N) is 3. The molecular weight excluding hydrogens is 292 g/mol. The standard InChI is InChI=1S/C12H16N6O4/c13-11-9(16-17(3-4-19)12(11)14)6-15-8-5-7(18(21)22)1-2-10(8)20/h1-2,5,15,19-20H,3-4,6,13-14H2. The van der Waals surface area contributed by atoms with Crippen molar-refractivity contribution < 1.29 is 15.1 Å². The first-order valence-electron chi connectivity index (χ1n) is 6.36. The van der Waals surface area contributed by atoms with E-state index in [-0.39, 0.29) is 48.3 Å². The molecule has 7 N–H and O–H groups in total. The number of non-ortho nitro benzene ring substituents is 1. The van der Waals surface area contributed by atoms with Crippen molar-refractivity contribution >= 4 is 22.9 Å². The van der Waals surface area contributed by atoms with Gasteiger partial charge in [-0.2, -0.15) is 5.10 Å². The lowest BCUT2D eigenvalue weighted by molar-refractivity contribution is -0.384. The highest BCUT2D eigenvalue weighted by atomic mass is 16.6. The zero-order chi connectivity index (χ0) is 16.3. The van der Waals surface area contributed by atoms with Crippen molar-refractivity contribution in [2.24, 2.45) is 0 Å². The summed E-state index contributed by atoms with van der Waals surface area (Å²) in [6.45, 7) is 0.186. The largest absolute Gasteiger partial charge is 0.506 e. The molecule has 0 fully saturated rings. The number of nitro benzene ring substituents is 1. The monoisotopic (exact) mass is 308 g/mol. The van der Waals surface area contributed by atoms with Gasteiger partial charge in [0.2, 0.25) is 0 Å². The summed E-state index contributed by atoms with van der Waals surface area (Å²) in [6, 6.07) is 3.63. The average Bonchev–Trinajstić information content (AvgIpc) is 2.75. The molecule has 2 aromatic rings. The zero-order valence-electron chi connectivity index (χ0n) is 11.6. The summed E-state index contributed by atoms with van der Waals surface area (Å²) in [5.41, 5.74) is 12.3. The van der Waals surface area contributed by atoms with Crippen LogP contribution in [0.15, 0.2) is 18.2 Å². The van der Waals surface area contributed by atoms with Gasteiger partial charge in [-0.25, -0.2) is 4.68 Å². The second kappa shape index (κ2) is 6.18. The van der Waals surface area contributed by atoms with Crippen LogP contribution in [0.4, 0.5) is 22.9 Å². The zero-order valence-corrected chi connectivity index (χ0v) is 11.6. The Morgan fingerprint density at radius 2 is 2.14 bits per heavy atom. The molecule has 0 amide bonds. The molecule has 1 aromatic carbocycles. The molecule has 0 saturated carbocycles. The summed E-state index contributed by atoms with van der Waals surface area (Å²) in [6.07, 6.45) is 0. The van der Waals surface area contributed by atoms with Crippen LogP contribution in [-0.2, 0) is 13.1 Å². The number of benzene rings is 1. The molecule has 0 aliphatic carbocycles. The fourth-order valence-electron chi connectivity index (χ4n) is 1.89. The van der Waals surface area contributed by atoms with Gasteiger partial charge in [-0.15, -0.1) is 0 Å². The van der Waals surface area contributed by atoms with Gasteiger partial charge in [-0.1, -0.05) is 0 Å². The number of hydrogen-bond donors (Lipinski definition) is 5. The third kappa shape index (κ3) is 3.01. The number of phenols is 1. The van der Waals surface area contributed by atoms with E-state index >= 15 is 0 Å². The highest BCUT2D eigenvalue weighted by Crippen LogP contribution is 2.29. The van der Waals surface area contributed by atoms with Crippen LogP contribution in [0.3, 0.4) is 0 Å². The van der Waals surface area contributed by atoms with E-state index in [1.807, 2.05) is 0 Å². The Hall–Kier alpha value is -3.01. The first-order chi connectivity index (χ1) is 10.4. The summed E-state index contributed by atoms with van der Waals surface area (Å²) < 4.78 is 1.36. The first kappa shape index (κ1) is 15.4. The molecule has 1 heterocycles. The SMILES string of the molecule is Nc1c(CNc2cc([N+](=O)[O-])ccc2O)nn(CCO)c1N. The molecule has 22 heavy (non-hydrogen) atoms. The predicted octanol–water partition coefficient (Wildman–Crippen LogP) is 0.266. The Kier molecular flexibility index (Phi) is 4.32. The van der Waals surface area contributed by atoms with Crippen LogP contribution in [-0.4, -0.2) is 31.5 Å². The molecule has 0 atom stereocenters. The lowest BCUT2D eigenvalue weighted by atomic mass is 10.2. The lowest BCUT2D eigenvalue weighted by Gasteiger charge is -2.07. The van der Waals surface area contributed by atoms with Crippen LogP contribution in [0.25, 0.3) is 0 Å². The summed E-state index contributed by atoms with van der Waals surface area (Å²) >= 11 is 0. The van der Waals surface area contributed by atoms with Gasteiger partial charge in [0.15, 0.2) is 0 Å². The summed E-state index contributed by atoms with van der Waals surface area (Å²) in [5, 5.41) is 36.3. The van der Waals surface area contributed by atoms with E-state index in [2.05, 4.69) is 10.4 Å². The quantitative estimate of drug-likeness (QED) is 0.288. The highest BCUT2D eigenvalue weighted by Gasteiger charge is 2.14. The topological polar surface area (TPSA) is 165 Å². The number of aliphatic hydroxyl groups excluding tert-OH is 1. The maximum Gasteiger partial charge on any atom is 0.271 e. The molecule has 10 heteroatoms. The Labute approximate surface area is 125 Å².